The van der Waals surface area contributed by atoms with Crippen LogP contribution in [-0.2, 0) is 0 Å². The summed E-state index contributed by atoms with van der Waals surface area (Å²) in [5.41, 5.74) is 5.93. The predicted octanol–water partition coefficient (Wildman–Crippen LogP) is 11.3. The molecule has 8 aromatic carbocycles. The zero-order valence-electron chi connectivity index (χ0n) is 22.9. The van der Waals surface area contributed by atoms with Crippen LogP contribution in [-0.4, -0.2) is 4.98 Å². The number of rotatable bonds is 2. The first-order chi connectivity index (χ1) is 20.9. The first-order valence-electron chi connectivity index (χ1n) is 14.5. The summed E-state index contributed by atoms with van der Waals surface area (Å²) >= 11 is 0. The molecule has 0 unspecified atom stereocenters. The zero-order chi connectivity index (χ0) is 27.6. The van der Waals surface area contributed by atoms with Crippen LogP contribution in [0.15, 0.2) is 152 Å². The third-order valence-electron chi connectivity index (χ3n) is 8.85. The van der Waals surface area contributed by atoms with Gasteiger partial charge in [-0.15, -0.1) is 0 Å². The molecule has 0 aliphatic carbocycles. The van der Waals surface area contributed by atoms with Crippen LogP contribution in [0.1, 0.15) is 0 Å². The topological polar surface area (TPSA) is 12.9 Å². The Hall–Kier alpha value is -5.53. The van der Waals surface area contributed by atoms with Crippen LogP contribution in [0, 0.1) is 0 Å². The number of hydrogen-bond acceptors (Lipinski definition) is 1. The summed E-state index contributed by atoms with van der Waals surface area (Å²) in [4.78, 5) is 5.12. The van der Waals surface area contributed by atoms with Crippen molar-refractivity contribution in [3.8, 4) is 22.3 Å². The van der Waals surface area contributed by atoms with Gasteiger partial charge in [0.05, 0.1) is 5.52 Å². The lowest BCUT2D eigenvalue weighted by atomic mass is 9.84. The van der Waals surface area contributed by atoms with Crippen LogP contribution in [0.3, 0.4) is 0 Å². The molecule has 0 saturated carbocycles. The molecular weight excluding hydrogens is 506 g/mol. The molecule has 0 amide bonds. The van der Waals surface area contributed by atoms with Crippen molar-refractivity contribution in [2.24, 2.45) is 0 Å². The van der Waals surface area contributed by atoms with E-state index in [1.165, 1.54) is 81.5 Å². The van der Waals surface area contributed by atoms with E-state index in [9.17, 15) is 0 Å². The van der Waals surface area contributed by atoms with Crippen molar-refractivity contribution >= 4 is 64.8 Å². The fourth-order valence-electron chi connectivity index (χ4n) is 7.08. The van der Waals surface area contributed by atoms with Crippen LogP contribution in [0.2, 0.25) is 0 Å². The zero-order valence-corrected chi connectivity index (χ0v) is 22.9. The summed E-state index contributed by atoms with van der Waals surface area (Å²) in [6.45, 7) is 0. The quantitative estimate of drug-likeness (QED) is 0.160. The summed E-state index contributed by atoms with van der Waals surface area (Å²) in [6.07, 6.45) is 1.94. The van der Waals surface area contributed by atoms with Gasteiger partial charge in [-0.25, -0.2) is 0 Å². The van der Waals surface area contributed by atoms with Crippen LogP contribution in [0.25, 0.3) is 87.0 Å². The van der Waals surface area contributed by atoms with Crippen molar-refractivity contribution < 1.29 is 0 Å². The monoisotopic (exact) mass is 531 g/mol. The Morgan fingerprint density at radius 2 is 0.714 bits per heavy atom. The minimum absolute atomic E-state index is 1.03. The van der Waals surface area contributed by atoms with Crippen LogP contribution in [0.5, 0.6) is 0 Å². The number of hydrogen-bond donors (Lipinski definition) is 0. The molecule has 0 aliphatic rings. The summed E-state index contributed by atoms with van der Waals surface area (Å²) < 4.78 is 0. The standard InChI is InChI=1S/C41H25N/c1-3-14-28-26(12-1)24-37(32-18-7-5-16-30(28)32)39-34-20-9-10-21-35(34)40(41-36(39)22-11-23-42-41)38-25-27-13-2-4-15-29(27)31-17-6-8-19-33(31)38/h1-25H. The second kappa shape index (κ2) is 8.99. The van der Waals surface area contributed by atoms with E-state index in [0.29, 0.717) is 0 Å². The lowest BCUT2D eigenvalue weighted by Crippen LogP contribution is -1.94. The lowest BCUT2D eigenvalue weighted by Gasteiger charge is -2.20. The number of nitrogens with zero attached hydrogens (tertiary/aromatic N) is 1. The highest BCUT2D eigenvalue weighted by Gasteiger charge is 2.21. The Kier molecular flexibility index (Phi) is 4.97. The smallest absolute Gasteiger partial charge is 0.0793 e. The Labute approximate surface area is 243 Å². The van der Waals surface area contributed by atoms with Gasteiger partial charge in [-0.05, 0) is 88.8 Å². The third-order valence-corrected chi connectivity index (χ3v) is 8.85. The summed E-state index contributed by atoms with van der Waals surface area (Å²) in [7, 11) is 0. The van der Waals surface area contributed by atoms with E-state index < -0.39 is 0 Å². The molecule has 0 fully saturated rings. The van der Waals surface area contributed by atoms with Gasteiger partial charge in [-0.1, -0.05) is 127 Å². The SMILES string of the molecule is c1ccc2c(c1)cc(-c1c3ccccc3c(-c3cc4ccccc4c4ccccc34)c3ncccc13)c1ccccc12. The van der Waals surface area contributed by atoms with Crippen LogP contribution < -0.4 is 0 Å². The van der Waals surface area contributed by atoms with E-state index in [1.54, 1.807) is 0 Å². The summed E-state index contributed by atoms with van der Waals surface area (Å²) in [5.74, 6) is 0. The first-order valence-corrected chi connectivity index (χ1v) is 14.5. The summed E-state index contributed by atoms with van der Waals surface area (Å²) in [6, 6.07) is 53.0. The van der Waals surface area contributed by atoms with Crippen LogP contribution in [0.4, 0.5) is 0 Å². The van der Waals surface area contributed by atoms with Gasteiger partial charge < -0.3 is 0 Å². The maximum Gasteiger partial charge on any atom is 0.0793 e. The second-order valence-electron chi connectivity index (χ2n) is 11.1. The highest BCUT2D eigenvalue weighted by atomic mass is 14.7. The highest BCUT2D eigenvalue weighted by molar-refractivity contribution is 6.27. The average molecular weight is 532 g/mol. The maximum atomic E-state index is 5.12. The van der Waals surface area contributed by atoms with Gasteiger partial charge in [-0.2, -0.15) is 0 Å². The fraction of sp³-hybridized carbons (Fsp3) is 0. The van der Waals surface area contributed by atoms with Crippen molar-refractivity contribution in [3.63, 3.8) is 0 Å². The van der Waals surface area contributed by atoms with Crippen LogP contribution >= 0.6 is 0 Å². The number of fused-ring (bicyclic) bond motifs is 8. The van der Waals surface area contributed by atoms with Crippen molar-refractivity contribution in [1.29, 1.82) is 0 Å². The predicted molar refractivity (Wildman–Crippen MR) is 180 cm³/mol. The largest absolute Gasteiger partial charge is 0.256 e. The molecule has 9 aromatic rings. The molecule has 1 aromatic heterocycles. The van der Waals surface area contributed by atoms with E-state index in [-0.39, 0.29) is 0 Å². The highest BCUT2D eigenvalue weighted by Crippen LogP contribution is 2.47. The average Bonchev–Trinajstić information content (AvgIpc) is 3.06. The van der Waals surface area contributed by atoms with Gasteiger partial charge >= 0.3 is 0 Å². The molecule has 0 radical (unpaired) electrons. The molecule has 9 rings (SSSR count). The van der Waals surface area contributed by atoms with Gasteiger partial charge in [0.25, 0.3) is 0 Å². The number of benzene rings is 8. The number of pyridine rings is 1. The third kappa shape index (κ3) is 3.28. The molecule has 1 nitrogen and oxygen atoms in total. The minimum atomic E-state index is 1.03. The van der Waals surface area contributed by atoms with E-state index in [2.05, 4.69) is 146 Å². The molecule has 0 saturated heterocycles. The molecule has 194 valence electrons. The van der Waals surface area contributed by atoms with E-state index in [4.69, 9.17) is 4.98 Å². The summed E-state index contributed by atoms with van der Waals surface area (Å²) in [5, 5.41) is 13.7. The Morgan fingerprint density at radius 1 is 0.310 bits per heavy atom. The van der Waals surface area contributed by atoms with Crippen molar-refractivity contribution in [1.82, 2.24) is 4.98 Å². The Bertz CT molecular complexity index is 2290. The van der Waals surface area contributed by atoms with Gasteiger partial charge in [0.15, 0.2) is 0 Å². The van der Waals surface area contributed by atoms with E-state index in [0.717, 1.165) is 5.52 Å². The molecule has 0 aliphatic heterocycles. The minimum Gasteiger partial charge on any atom is -0.256 e. The molecule has 42 heavy (non-hydrogen) atoms. The maximum absolute atomic E-state index is 5.12. The molecule has 1 heteroatoms. The van der Waals surface area contributed by atoms with Gasteiger partial charge in [0.2, 0.25) is 0 Å². The lowest BCUT2D eigenvalue weighted by molar-refractivity contribution is 1.42. The van der Waals surface area contributed by atoms with Crippen molar-refractivity contribution in [2.45, 2.75) is 0 Å². The molecule has 0 spiro atoms. The van der Waals surface area contributed by atoms with E-state index >= 15 is 0 Å². The van der Waals surface area contributed by atoms with Gasteiger partial charge in [0.1, 0.15) is 0 Å². The Morgan fingerprint density at radius 3 is 1.29 bits per heavy atom. The normalized spacial score (nSPS) is 11.8. The fourth-order valence-corrected chi connectivity index (χ4v) is 7.08. The van der Waals surface area contributed by atoms with Crippen molar-refractivity contribution in [2.75, 3.05) is 0 Å². The van der Waals surface area contributed by atoms with Gasteiger partial charge in [-0.3, -0.25) is 4.98 Å². The molecule has 0 atom stereocenters. The second-order valence-corrected chi connectivity index (χ2v) is 11.1. The number of aromatic nitrogens is 1. The van der Waals surface area contributed by atoms with E-state index in [1.807, 2.05) is 6.20 Å². The molecule has 1 heterocycles. The Balaban J connectivity index is 1.49. The molecular formula is C41H25N. The van der Waals surface area contributed by atoms with Crippen molar-refractivity contribution in [3.05, 3.63) is 152 Å². The first kappa shape index (κ1) is 23.2. The molecule has 0 N–H and O–H groups in total. The molecule has 0 bridgehead atoms. The van der Waals surface area contributed by atoms with Gasteiger partial charge in [0, 0.05) is 17.1 Å².